The SMILES string of the molecule is CNC(=O)c1ccc(OC)cc1S. The number of carbonyl (C=O) groups excluding carboxylic acids is 1. The van der Waals surface area contributed by atoms with E-state index in [1.54, 1.807) is 32.4 Å². The van der Waals surface area contributed by atoms with Gasteiger partial charge in [0.15, 0.2) is 0 Å². The van der Waals surface area contributed by atoms with Crippen LogP contribution in [0.15, 0.2) is 23.1 Å². The number of benzene rings is 1. The van der Waals surface area contributed by atoms with E-state index in [2.05, 4.69) is 17.9 Å². The van der Waals surface area contributed by atoms with E-state index in [4.69, 9.17) is 4.74 Å². The van der Waals surface area contributed by atoms with Gasteiger partial charge in [-0.05, 0) is 18.2 Å². The molecule has 1 aromatic carbocycles. The van der Waals surface area contributed by atoms with E-state index in [0.717, 1.165) is 0 Å². The number of thiol groups is 1. The van der Waals surface area contributed by atoms with Gasteiger partial charge in [0.25, 0.3) is 5.91 Å². The van der Waals surface area contributed by atoms with Crippen LogP contribution in [0.4, 0.5) is 0 Å². The molecule has 0 aromatic heterocycles. The molecule has 4 heteroatoms. The Kier molecular flexibility index (Phi) is 3.19. The Balaban J connectivity index is 3.05. The van der Waals surface area contributed by atoms with Gasteiger partial charge in [0.1, 0.15) is 5.75 Å². The minimum Gasteiger partial charge on any atom is -0.497 e. The highest BCUT2D eigenvalue weighted by Gasteiger charge is 2.07. The van der Waals surface area contributed by atoms with E-state index in [9.17, 15) is 4.79 Å². The minimum atomic E-state index is -0.146. The third-order valence-corrected chi connectivity index (χ3v) is 2.05. The Morgan fingerprint density at radius 1 is 1.54 bits per heavy atom. The van der Waals surface area contributed by atoms with E-state index in [0.29, 0.717) is 16.2 Å². The lowest BCUT2D eigenvalue weighted by molar-refractivity contribution is 0.0960. The topological polar surface area (TPSA) is 38.3 Å². The smallest absolute Gasteiger partial charge is 0.252 e. The van der Waals surface area contributed by atoms with Gasteiger partial charge in [0.05, 0.1) is 12.7 Å². The highest BCUT2D eigenvalue weighted by atomic mass is 32.1. The third-order valence-electron chi connectivity index (χ3n) is 1.68. The summed E-state index contributed by atoms with van der Waals surface area (Å²) in [6, 6.07) is 5.11. The zero-order valence-corrected chi connectivity index (χ0v) is 8.39. The Morgan fingerprint density at radius 3 is 2.69 bits per heavy atom. The Labute approximate surface area is 82.5 Å². The fourth-order valence-electron chi connectivity index (χ4n) is 0.965. The summed E-state index contributed by atoms with van der Waals surface area (Å²) in [5, 5.41) is 2.53. The summed E-state index contributed by atoms with van der Waals surface area (Å²) in [7, 11) is 3.15. The van der Waals surface area contributed by atoms with Crippen LogP contribution in [0.3, 0.4) is 0 Å². The summed E-state index contributed by atoms with van der Waals surface area (Å²) in [5.74, 6) is 0.547. The van der Waals surface area contributed by atoms with E-state index >= 15 is 0 Å². The molecule has 1 N–H and O–H groups in total. The first kappa shape index (κ1) is 9.92. The molecule has 0 bridgehead atoms. The van der Waals surface area contributed by atoms with Crippen molar-refractivity contribution >= 4 is 18.5 Å². The highest BCUT2D eigenvalue weighted by molar-refractivity contribution is 7.80. The number of carbonyl (C=O) groups is 1. The first-order valence-corrected chi connectivity index (χ1v) is 4.23. The van der Waals surface area contributed by atoms with Crippen LogP contribution >= 0.6 is 12.6 Å². The number of hydrogen-bond acceptors (Lipinski definition) is 3. The monoisotopic (exact) mass is 197 g/mol. The molecule has 0 heterocycles. The molecule has 0 saturated carbocycles. The molecule has 0 saturated heterocycles. The van der Waals surface area contributed by atoms with Crippen LogP contribution in [0.2, 0.25) is 0 Å². The molecule has 1 amide bonds. The van der Waals surface area contributed by atoms with Crippen LogP contribution in [0.25, 0.3) is 0 Å². The molecule has 1 rings (SSSR count). The zero-order chi connectivity index (χ0) is 9.84. The van der Waals surface area contributed by atoms with E-state index in [1.165, 1.54) is 0 Å². The van der Waals surface area contributed by atoms with Crippen molar-refractivity contribution in [3.63, 3.8) is 0 Å². The summed E-state index contributed by atoms with van der Waals surface area (Å²) < 4.78 is 4.98. The quantitative estimate of drug-likeness (QED) is 0.702. The molecule has 0 aliphatic rings. The van der Waals surface area contributed by atoms with Gasteiger partial charge >= 0.3 is 0 Å². The predicted octanol–water partition coefficient (Wildman–Crippen LogP) is 1.34. The molecule has 0 aliphatic carbocycles. The van der Waals surface area contributed by atoms with Gasteiger partial charge in [-0.2, -0.15) is 0 Å². The number of methoxy groups -OCH3 is 1. The first-order valence-electron chi connectivity index (χ1n) is 3.78. The summed E-state index contributed by atoms with van der Waals surface area (Å²) in [6.45, 7) is 0. The molecule has 0 fully saturated rings. The fraction of sp³-hybridized carbons (Fsp3) is 0.222. The largest absolute Gasteiger partial charge is 0.497 e. The van der Waals surface area contributed by atoms with Crippen molar-refractivity contribution in [2.75, 3.05) is 14.2 Å². The van der Waals surface area contributed by atoms with Gasteiger partial charge < -0.3 is 10.1 Å². The molecule has 13 heavy (non-hydrogen) atoms. The summed E-state index contributed by atoms with van der Waals surface area (Å²) in [6.07, 6.45) is 0. The Bertz CT molecular complexity index is 325. The molecule has 1 aromatic rings. The van der Waals surface area contributed by atoms with E-state index in [-0.39, 0.29) is 5.91 Å². The van der Waals surface area contributed by atoms with E-state index < -0.39 is 0 Å². The van der Waals surface area contributed by atoms with Crippen LogP contribution in [0.5, 0.6) is 5.75 Å². The predicted molar refractivity (Wildman–Crippen MR) is 53.6 cm³/mol. The van der Waals surface area contributed by atoms with Gasteiger partial charge in [0.2, 0.25) is 0 Å². The van der Waals surface area contributed by atoms with Crippen LogP contribution < -0.4 is 10.1 Å². The highest BCUT2D eigenvalue weighted by Crippen LogP contribution is 2.20. The number of ether oxygens (including phenoxy) is 1. The van der Waals surface area contributed by atoms with Crippen molar-refractivity contribution < 1.29 is 9.53 Å². The van der Waals surface area contributed by atoms with Gasteiger partial charge in [0, 0.05) is 11.9 Å². The van der Waals surface area contributed by atoms with Gasteiger partial charge in [-0.3, -0.25) is 4.79 Å². The van der Waals surface area contributed by atoms with Crippen molar-refractivity contribution in [1.82, 2.24) is 5.32 Å². The van der Waals surface area contributed by atoms with Crippen LogP contribution in [-0.4, -0.2) is 20.1 Å². The van der Waals surface area contributed by atoms with Gasteiger partial charge in [-0.15, -0.1) is 12.6 Å². The Morgan fingerprint density at radius 2 is 2.23 bits per heavy atom. The molecule has 70 valence electrons. The molecular formula is C9H11NO2S. The van der Waals surface area contributed by atoms with Crippen molar-refractivity contribution in [3.8, 4) is 5.75 Å². The molecule has 3 nitrogen and oxygen atoms in total. The van der Waals surface area contributed by atoms with Crippen molar-refractivity contribution in [3.05, 3.63) is 23.8 Å². The molecule has 0 unspecified atom stereocenters. The second-order valence-corrected chi connectivity index (χ2v) is 2.94. The molecule has 0 radical (unpaired) electrons. The van der Waals surface area contributed by atoms with Crippen molar-refractivity contribution in [1.29, 1.82) is 0 Å². The maximum Gasteiger partial charge on any atom is 0.252 e. The molecule has 0 atom stereocenters. The lowest BCUT2D eigenvalue weighted by Gasteiger charge is -2.05. The standard InChI is InChI=1S/C9H11NO2S/c1-10-9(11)7-4-3-6(12-2)5-8(7)13/h3-5,13H,1-2H3,(H,10,11). The fourth-order valence-corrected chi connectivity index (χ4v) is 1.27. The van der Waals surface area contributed by atoms with Crippen LogP contribution in [0.1, 0.15) is 10.4 Å². The van der Waals surface area contributed by atoms with Gasteiger partial charge in [-0.1, -0.05) is 0 Å². The van der Waals surface area contributed by atoms with Crippen molar-refractivity contribution in [2.45, 2.75) is 4.90 Å². The Hall–Kier alpha value is -1.16. The third kappa shape index (κ3) is 2.15. The molecular weight excluding hydrogens is 186 g/mol. The lowest BCUT2D eigenvalue weighted by atomic mass is 10.2. The molecule has 0 aliphatic heterocycles. The summed E-state index contributed by atoms with van der Waals surface area (Å²) in [4.78, 5) is 11.8. The second kappa shape index (κ2) is 4.18. The van der Waals surface area contributed by atoms with E-state index in [1.807, 2.05) is 0 Å². The first-order chi connectivity index (χ1) is 6.19. The summed E-state index contributed by atoms with van der Waals surface area (Å²) >= 11 is 4.17. The minimum absolute atomic E-state index is 0.146. The number of rotatable bonds is 2. The average Bonchev–Trinajstić information content (AvgIpc) is 2.16. The lowest BCUT2D eigenvalue weighted by Crippen LogP contribution is -2.18. The average molecular weight is 197 g/mol. The van der Waals surface area contributed by atoms with Gasteiger partial charge in [-0.25, -0.2) is 0 Å². The normalized spacial score (nSPS) is 9.46. The zero-order valence-electron chi connectivity index (χ0n) is 7.50. The maximum atomic E-state index is 11.2. The molecule has 0 spiro atoms. The van der Waals surface area contributed by atoms with Crippen LogP contribution in [0, 0.1) is 0 Å². The number of hydrogen-bond donors (Lipinski definition) is 2. The number of amides is 1. The van der Waals surface area contributed by atoms with Crippen molar-refractivity contribution in [2.24, 2.45) is 0 Å². The second-order valence-electron chi connectivity index (χ2n) is 2.46. The summed E-state index contributed by atoms with van der Waals surface area (Å²) in [5.41, 5.74) is 0.548. The maximum absolute atomic E-state index is 11.2. The van der Waals surface area contributed by atoms with Crippen LogP contribution in [-0.2, 0) is 0 Å². The number of nitrogens with one attached hydrogen (secondary N) is 1.